The SMILES string of the molecule is O=C(Nc1ccccc1)N(CCNS(=O)(=O)c1ccc2ccccc2c1)c1ccc(F)cc1. The Morgan fingerprint density at radius 2 is 1.48 bits per heavy atom. The Labute approximate surface area is 191 Å². The number of hydrogen-bond acceptors (Lipinski definition) is 3. The Kier molecular flexibility index (Phi) is 6.67. The van der Waals surface area contributed by atoms with E-state index in [1.807, 2.05) is 30.3 Å². The summed E-state index contributed by atoms with van der Waals surface area (Å²) in [5, 5.41) is 4.53. The van der Waals surface area contributed by atoms with E-state index in [-0.39, 0.29) is 18.0 Å². The second kappa shape index (κ2) is 9.81. The molecule has 0 fully saturated rings. The summed E-state index contributed by atoms with van der Waals surface area (Å²) in [5.74, 6) is -0.431. The lowest BCUT2D eigenvalue weighted by molar-refractivity contribution is 0.257. The highest BCUT2D eigenvalue weighted by Crippen LogP contribution is 2.20. The van der Waals surface area contributed by atoms with E-state index in [0.717, 1.165) is 10.8 Å². The molecule has 0 aliphatic carbocycles. The number of para-hydroxylation sites is 1. The van der Waals surface area contributed by atoms with Crippen LogP contribution in [0.1, 0.15) is 0 Å². The summed E-state index contributed by atoms with van der Waals surface area (Å²) in [6.45, 7) is 0.00581. The third-order valence-corrected chi connectivity index (χ3v) is 6.53. The van der Waals surface area contributed by atoms with Gasteiger partial charge in [-0.1, -0.05) is 48.5 Å². The van der Waals surface area contributed by atoms with Crippen molar-refractivity contribution in [1.29, 1.82) is 0 Å². The molecule has 168 valence electrons. The van der Waals surface area contributed by atoms with Crippen LogP contribution in [-0.4, -0.2) is 27.5 Å². The van der Waals surface area contributed by atoms with Gasteiger partial charge >= 0.3 is 6.03 Å². The first-order valence-corrected chi connectivity index (χ1v) is 11.8. The second-order valence-electron chi connectivity index (χ2n) is 7.33. The molecule has 0 saturated carbocycles. The number of amides is 2. The van der Waals surface area contributed by atoms with Crippen LogP contribution in [0.4, 0.5) is 20.6 Å². The fourth-order valence-corrected chi connectivity index (χ4v) is 4.45. The van der Waals surface area contributed by atoms with Gasteiger partial charge in [0.2, 0.25) is 10.0 Å². The summed E-state index contributed by atoms with van der Waals surface area (Å²) in [5.41, 5.74) is 1.03. The summed E-state index contributed by atoms with van der Waals surface area (Å²) in [7, 11) is -3.79. The number of anilines is 2. The number of fused-ring (bicyclic) bond motifs is 1. The van der Waals surface area contributed by atoms with Crippen LogP contribution in [0.25, 0.3) is 10.8 Å². The van der Waals surface area contributed by atoms with Crippen molar-refractivity contribution in [1.82, 2.24) is 4.72 Å². The lowest BCUT2D eigenvalue weighted by Crippen LogP contribution is -2.41. The smallest absolute Gasteiger partial charge is 0.308 e. The number of benzene rings is 4. The molecule has 2 N–H and O–H groups in total. The Balaban J connectivity index is 1.49. The number of halogens is 1. The van der Waals surface area contributed by atoms with Gasteiger partial charge in [0.1, 0.15) is 5.82 Å². The zero-order valence-corrected chi connectivity index (χ0v) is 18.4. The lowest BCUT2D eigenvalue weighted by atomic mass is 10.1. The molecule has 6 nitrogen and oxygen atoms in total. The Bertz CT molecular complexity index is 1360. The average Bonchev–Trinajstić information content (AvgIpc) is 2.83. The van der Waals surface area contributed by atoms with Crippen LogP contribution in [0.15, 0.2) is 102 Å². The zero-order chi connectivity index (χ0) is 23.3. The van der Waals surface area contributed by atoms with Crippen LogP contribution >= 0.6 is 0 Å². The number of nitrogens with one attached hydrogen (secondary N) is 2. The van der Waals surface area contributed by atoms with Crippen LogP contribution in [0.3, 0.4) is 0 Å². The molecule has 8 heteroatoms. The minimum Gasteiger partial charge on any atom is -0.308 e. The molecule has 2 amide bonds. The molecular weight excluding hydrogens is 441 g/mol. The van der Waals surface area contributed by atoms with E-state index in [2.05, 4.69) is 10.0 Å². The van der Waals surface area contributed by atoms with Crippen molar-refractivity contribution >= 4 is 38.2 Å². The van der Waals surface area contributed by atoms with Crippen molar-refractivity contribution in [3.05, 3.63) is 103 Å². The third kappa shape index (κ3) is 5.54. The number of carbonyl (C=O) groups is 1. The van der Waals surface area contributed by atoms with Crippen molar-refractivity contribution in [3.8, 4) is 0 Å². The molecule has 4 aromatic carbocycles. The monoisotopic (exact) mass is 463 g/mol. The van der Waals surface area contributed by atoms with Gasteiger partial charge in [0, 0.05) is 24.5 Å². The predicted octanol–water partition coefficient (Wildman–Crippen LogP) is 5.00. The van der Waals surface area contributed by atoms with Gasteiger partial charge < -0.3 is 5.32 Å². The third-order valence-electron chi connectivity index (χ3n) is 5.07. The van der Waals surface area contributed by atoms with Gasteiger partial charge in [-0.15, -0.1) is 0 Å². The molecule has 0 unspecified atom stereocenters. The van der Waals surface area contributed by atoms with Gasteiger partial charge in [0.15, 0.2) is 0 Å². The van der Waals surface area contributed by atoms with Crippen LogP contribution in [-0.2, 0) is 10.0 Å². The Hall–Kier alpha value is -3.75. The minimum absolute atomic E-state index is 0.0330. The normalized spacial score (nSPS) is 11.3. The first kappa shape index (κ1) is 22.4. The largest absolute Gasteiger partial charge is 0.326 e. The number of carbonyl (C=O) groups excluding carboxylic acids is 1. The highest BCUT2D eigenvalue weighted by molar-refractivity contribution is 7.89. The summed E-state index contributed by atoms with van der Waals surface area (Å²) in [4.78, 5) is 14.4. The quantitative estimate of drug-likeness (QED) is 0.405. The number of sulfonamides is 1. The average molecular weight is 464 g/mol. The number of urea groups is 1. The van der Waals surface area contributed by atoms with E-state index >= 15 is 0 Å². The van der Waals surface area contributed by atoms with Gasteiger partial charge in [-0.2, -0.15) is 0 Å². The van der Waals surface area contributed by atoms with Gasteiger partial charge in [-0.05, 0) is 59.3 Å². The summed E-state index contributed by atoms with van der Waals surface area (Å²) in [6.07, 6.45) is 0. The van der Waals surface area contributed by atoms with Crippen molar-refractivity contribution in [2.24, 2.45) is 0 Å². The molecule has 4 aromatic rings. The van der Waals surface area contributed by atoms with Crippen molar-refractivity contribution < 1.29 is 17.6 Å². The molecule has 0 aliphatic heterocycles. The van der Waals surface area contributed by atoms with Crippen LogP contribution < -0.4 is 14.9 Å². The van der Waals surface area contributed by atoms with Crippen LogP contribution in [0, 0.1) is 5.82 Å². The van der Waals surface area contributed by atoms with Gasteiger partial charge in [-0.25, -0.2) is 22.3 Å². The van der Waals surface area contributed by atoms with Crippen molar-refractivity contribution in [2.75, 3.05) is 23.3 Å². The van der Waals surface area contributed by atoms with Crippen LogP contribution in [0.2, 0.25) is 0 Å². The van der Waals surface area contributed by atoms with Crippen molar-refractivity contribution in [2.45, 2.75) is 4.90 Å². The molecule has 0 aromatic heterocycles. The molecule has 0 saturated heterocycles. The lowest BCUT2D eigenvalue weighted by Gasteiger charge is -2.23. The highest BCUT2D eigenvalue weighted by Gasteiger charge is 2.19. The van der Waals surface area contributed by atoms with E-state index < -0.39 is 21.9 Å². The summed E-state index contributed by atoms with van der Waals surface area (Å²) < 4.78 is 41.6. The van der Waals surface area contributed by atoms with E-state index in [1.165, 1.54) is 29.2 Å². The molecule has 0 bridgehead atoms. The first-order valence-electron chi connectivity index (χ1n) is 10.3. The molecule has 0 radical (unpaired) electrons. The van der Waals surface area contributed by atoms with E-state index in [4.69, 9.17) is 0 Å². The highest BCUT2D eigenvalue weighted by atomic mass is 32.2. The fraction of sp³-hybridized carbons (Fsp3) is 0.0800. The van der Waals surface area contributed by atoms with E-state index in [1.54, 1.807) is 42.5 Å². The standard InChI is InChI=1S/C25H22FN3O3S/c26-21-11-13-23(14-12-21)29(25(30)28-22-8-2-1-3-9-22)17-16-27-33(31,32)24-15-10-19-6-4-5-7-20(19)18-24/h1-15,18,27H,16-17H2,(H,28,30). The maximum absolute atomic E-state index is 13.4. The molecule has 4 rings (SSSR count). The van der Waals surface area contributed by atoms with Gasteiger partial charge in [0.05, 0.1) is 4.90 Å². The maximum atomic E-state index is 13.4. The topological polar surface area (TPSA) is 78.5 Å². The van der Waals surface area contributed by atoms with E-state index in [0.29, 0.717) is 11.4 Å². The zero-order valence-electron chi connectivity index (χ0n) is 17.6. The van der Waals surface area contributed by atoms with Gasteiger partial charge in [-0.3, -0.25) is 4.90 Å². The number of hydrogen-bond donors (Lipinski definition) is 2. The number of nitrogens with zero attached hydrogens (tertiary/aromatic N) is 1. The number of rotatable bonds is 7. The van der Waals surface area contributed by atoms with Crippen LogP contribution in [0.5, 0.6) is 0 Å². The molecule has 0 atom stereocenters. The van der Waals surface area contributed by atoms with E-state index in [9.17, 15) is 17.6 Å². The maximum Gasteiger partial charge on any atom is 0.326 e. The molecule has 0 heterocycles. The molecule has 0 spiro atoms. The first-order chi connectivity index (χ1) is 15.9. The molecule has 0 aliphatic rings. The fourth-order valence-electron chi connectivity index (χ4n) is 3.39. The summed E-state index contributed by atoms with van der Waals surface area (Å²) in [6, 6.07) is 26.2. The Morgan fingerprint density at radius 1 is 0.818 bits per heavy atom. The van der Waals surface area contributed by atoms with Crippen molar-refractivity contribution in [3.63, 3.8) is 0 Å². The minimum atomic E-state index is -3.79. The predicted molar refractivity (Wildman–Crippen MR) is 128 cm³/mol. The Morgan fingerprint density at radius 3 is 2.21 bits per heavy atom. The second-order valence-corrected chi connectivity index (χ2v) is 9.10. The molecular formula is C25H22FN3O3S. The molecule has 33 heavy (non-hydrogen) atoms. The summed E-state index contributed by atoms with van der Waals surface area (Å²) >= 11 is 0. The van der Waals surface area contributed by atoms with Gasteiger partial charge in [0.25, 0.3) is 0 Å².